The van der Waals surface area contributed by atoms with Crippen molar-refractivity contribution in [3.8, 4) is 5.75 Å². The number of anilines is 1. The molecule has 1 aliphatic rings. The van der Waals surface area contributed by atoms with Gasteiger partial charge in [0.2, 0.25) is 5.91 Å². The van der Waals surface area contributed by atoms with Crippen LogP contribution in [0.3, 0.4) is 0 Å². The van der Waals surface area contributed by atoms with Crippen LogP contribution in [0.5, 0.6) is 5.75 Å². The van der Waals surface area contributed by atoms with Gasteiger partial charge in [-0.2, -0.15) is 0 Å². The first-order chi connectivity index (χ1) is 12.1. The van der Waals surface area contributed by atoms with Crippen LogP contribution < -0.4 is 15.8 Å². The molecule has 2 aromatic carbocycles. The minimum atomic E-state index is -0.404. The van der Waals surface area contributed by atoms with Crippen LogP contribution in [0.15, 0.2) is 36.4 Å². The highest BCUT2D eigenvalue weighted by molar-refractivity contribution is 5.77. The Hall–Kier alpha value is -2.56. The number of fused-ring (bicyclic) bond motifs is 1. The minimum Gasteiger partial charge on any atom is -0.494 e. The monoisotopic (exact) mass is 342 g/mol. The Bertz CT molecular complexity index is 776. The Balaban J connectivity index is 1.59. The van der Waals surface area contributed by atoms with Crippen molar-refractivity contribution in [2.75, 3.05) is 12.8 Å². The highest BCUT2D eigenvalue weighted by Gasteiger charge is 2.21. The molecule has 1 amide bonds. The summed E-state index contributed by atoms with van der Waals surface area (Å²) in [5, 5.41) is 3.10. The summed E-state index contributed by atoms with van der Waals surface area (Å²) in [5.74, 6) is -0.212. The quantitative estimate of drug-likeness (QED) is 0.817. The number of hydrogen-bond acceptors (Lipinski definition) is 3. The Labute approximate surface area is 147 Å². The number of nitrogen functional groups attached to an aromatic ring is 1. The van der Waals surface area contributed by atoms with Crippen molar-refractivity contribution < 1.29 is 13.9 Å². The van der Waals surface area contributed by atoms with E-state index in [1.165, 1.54) is 18.7 Å². The molecule has 5 heteroatoms. The van der Waals surface area contributed by atoms with Crippen molar-refractivity contribution in [1.29, 1.82) is 0 Å². The van der Waals surface area contributed by atoms with Crippen molar-refractivity contribution in [1.82, 2.24) is 5.32 Å². The van der Waals surface area contributed by atoms with E-state index in [4.69, 9.17) is 10.5 Å². The van der Waals surface area contributed by atoms with Gasteiger partial charge in [-0.05, 0) is 66.6 Å². The molecule has 132 valence electrons. The molecule has 0 aliphatic heterocycles. The lowest BCUT2D eigenvalue weighted by molar-refractivity contribution is -0.121. The van der Waals surface area contributed by atoms with Gasteiger partial charge in [0, 0.05) is 12.1 Å². The van der Waals surface area contributed by atoms with Crippen LogP contribution in [0, 0.1) is 5.82 Å². The number of benzene rings is 2. The fourth-order valence-electron chi connectivity index (χ4n) is 3.37. The number of ether oxygens (including phenoxy) is 1. The second kappa shape index (κ2) is 7.55. The summed E-state index contributed by atoms with van der Waals surface area (Å²) in [5.41, 5.74) is 9.76. The Morgan fingerprint density at radius 2 is 2.16 bits per heavy atom. The molecule has 1 aliphatic carbocycles. The Kier molecular flexibility index (Phi) is 5.22. The molecule has 25 heavy (non-hydrogen) atoms. The SMILES string of the molecule is COc1ccc(CCC(=O)NC2CCCc3cc(N)ccc32)cc1F. The van der Waals surface area contributed by atoms with E-state index in [0.717, 1.165) is 36.1 Å². The molecule has 3 N–H and O–H groups in total. The summed E-state index contributed by atoms with van der Waals surface area (Å²) in [7, 11) is 1.43. The molecule has 2 aromatic rings. The first kappa shape index (κ1) is 17.3. The molecule has 0 aromatic heterocycles. The first-order valence-corrected chi connectivity index (χ1v) is 8.57. The van der Waals surface area contributed by atoms with E-state index in [0.29, 0.717) is 12.8 Å². The summed E-state index contributed by atoms with van der Waals surface area (Å²) >= 11 is 0. The average molecular weight is 342 g/mol. The highest BCUT2D eigenvalue weighted by Crippen LogP contribution is 2.31. The lowest BCUT2D eigenvalue weighted by atomic mass is 9.87. The predicted molar refractivity (Wildman–Crippen MR) is 95.9 cm³/mol. The largest absolute Gasteiger partial charge is 0.494 e. The maximum absolute atomic E-state index is 13.7. The van der Waals surface area contributed by atoms with E-state index in [2.05, 4.69) is 5.32 Å². The number of rotatable bonds is 5. The van der Waals surface area contributed by atoms with Crippen molar-refractivity contribution >= 4 is 11.6 Å². The third kappa shape index (κ3) is 4.10. The predicted octanol–water partition coefficient (Wildman–Crippen LogP) is 3.54. The fourth-order valence-corrected chi connectivity index (χ4v) is 3.37. The molecule has 0 radical (unpaired) electrons. The third-order valence-corrected chi connectivity index (χ3v) is 4.67. The van der Waals surface area contributed by atoms with Gasteiger partial charge in [0.25, 0.3) is 0 Å². The van der Waals surface area contributed by atoms with Crippen molar-refractivity contribution in [2.45, 2.75) is 38.1 Å². The highest BCUT2D eigenvalue weighted by atomic mass is 19.1. The molecular formula is C20H23FN2O2. The van der Waals surface area contributed by atoms with Crippen LogP contribution >= 0.6 is 0 Å². The smallest absolute Gasteiger partial charge is 0.220 e. The number of nitrogens with two attached hydrogens (primary N) is 1. The van der Waals surface area contributed by atoms with Crippen LogP contribution in [0.2, 0.25) is 0 Å². The summed E-state index contributed by atoms with van der Waals surface area (Å²) in [4.78, 5) is 12.3. The van der Waals surface area contributed by atoms with Crippen LogP contribution in [0.1, 0.15) is 42.0 Å². The van der Waals surface area contributed by atoms with Crippen molar-refractivity contribution in [3.05, 3.63) is 58.9 Å². The zero-order valence-electron chi connectivity index (χ0n) is 14.3. The number of carbonyl (C=O) groups is 1. The van der Waals surface area contributed by atoms with Gasteiger partial charge in [-0.15, -0.1) is 0 Å². The average Bonchev–Trinajstić information content (AvgIpc) is 2.60. The number of halogens is 1. The topological polar surface area (TPSA) is 64.3 Å². The summed E-state index contributed by atoms with van der Waals surface area (Å²) < 4.78 is 18.6. The van der Waals surface area contributed by atoms with E-state index < -0.39 is 5.82 Å². The molecular weight excluding hydrogens is 319 g/mol. The molecule has 4 nitrogen and oxygen atoms in total. The van der Waals surface area contributed by atoms with Crippen LogP contribution in [0.25, 0.3) is 0 Å². The second-order valence-corrected chi connectivity index (χ2v) is 6.44. The molecule has 3 rings (SSSR count). The molecule has 0 saturated heterocycles. The van der Waals surface area contributed by atoms with E-state index in [1.54, 1.807) is 12.1 Å². The van der Waals surface area contributed by atoms with Crippen molar-refractivity contribution in [2.24, 2.45) is 0 Å². The molecule has 0 fully saturated rings. The van der Waals surface area contributed by atoms with Gasteiger partial charge in [-0.1, -0.05) is 12.1 Å². The molecule has 1 unspecified atom stereocenters. The van der Waals surface area contributed by atoms with Crippen LogP contribution in [0.4, 0.5) is 10.1 Å². The molecule has 0 spiro atoms. The Morgan fingerprint density at radius 1 is 1.32 bits per heavy atom. The summed E-state index contributed by atoms with van der Waals surface area (Å²) in [6, 6.07) is 10.7. The van der Waals surface area contributed by atoms with Gasteiger partial charge in [0.05, 0.1) is 13.2 Å². The first-order valence-electron chi connectivity index (χ1n) is 8.57. The number of amides is 1. The Morgan fingerprint density at radius 3 is 2.92 bits per heavy atom. The van der Waals surface area contributed by atoms with Gasteiger partial charge < -0.3 is 15.8 Å². The zero-order chi connectivity index (χ0) is 17.8. The number of carbonyl (C=O) groups excluding carboxylic acids is 1. The fraction of sp³-hybridized carbons (Fsp3) is 0.350. The second-order valence-electron chi connectivity index (χ2n) is 6.44. The summed E-state index contributed by atoms with van der Waals surface area (Å²) in [6.07, 6.45) is 3.78. The molecule has 1 atom stereocenters. The molecule has 0 bridgehead atoms. The molecule has 0 saturated carbocycles. The van der Waals surface area contributed by atoms with Crippen LogP contribution in [-0.2, 0) is 17.6 Å². The van der Waals surface area contributed by atoms with Gasteiger partial charge in [-0.25, -0.2) is 4.39 Å². The maximum atomic E-state index is 13.7. The minimum absolute atomic E-state index is 0.0223. The van der Waals surface area contributed by atoms with Gasteiger partial charge in [0.1, 0.15) is 0 Å². The van der Waals surface area contributed by atoms with E-state index >= 15 is 0 Å². The van der Waals surface area contributed by atoms with Gasteiger partial charge >= 0.3 is 0 Å². The standard InChI is InChI=1S/C20H23FN2O2/c1-25-19-9-5-13(11-17(19)21)6-10-20(24)23-18-4-2-3-14-12-15(22)7-8-16(14)18/h5,7-9,11-12,18H,2-4,6,10,22H2,1H3,(H,23,24). The number of methoxy groups -OCH3 is 1. The number of hydrogen-bond donors (Lipinski definition) is 2. The number of aryl methyl sites for hydroxylation is 2. The lowest BCUT2D eigenvalue weighted by Crippen LogP contribution is -2.31. The van der Waals surface area contributed by atoms with Gasteiger partial charge in [-0.3, -0.25) is 4.79 Å². The third-order valence-electron chi connectivity index (χ3n) is 4.67. The molecule has 0 heterocycles. The van der Waals surface area contributed by atoms with Crippen molar-refractivity contribution in [3.63, 3.8) is 0 Å². The maximum Gasteiger partial charge on any atom is 0.220 e. The normalized spacial score (nSPS) is 16.2. The zero-order valence-corrected chi connectivity index (χ0v) is 14.3. The van der Waals surface area contributed by atoms with E-state index in [1.807, 2.05) is 18.2 Å². The van der Waals surface area contributed by atoms with Gasteiger partial charge in [0.15, 0.2) is 11.6 Å². The van der Waals surface area contributed by atoms with E-state index in [9.17, 15) is 9.18 Å². The van der Waals surface area contributed by atoms with Crippen LogP contribution in [-0.4, -0.2) is 13.0 Å². The van der Waals surface area contributed by atoms with E-state index in [-0.39, 0.29) is 17.7 Å². The lowest BCUT2D eigenvalue weighted by Gasteiger charge is -2.26. The number of nitrogens with one attached hydrogen (secondary N) is 1. The summed E-state index contributed by atoms with van der Waals surface area (Å²) in [6.45, 7) is 0.